The van der Waals surface area contributed by atoms with E-state index in [-0.39, 0.29) is 5.92 Å². The van der Waals surface area contributed by atoms with E-state index in [1.165, 1.54) is 49.4 Å². The first kappa shape index (κ1) is 39.3. The number of nitrogens with zero attached hydrogens (tertiary/aromatic N) is 4. The highest BCUT2D eigenvalue weighted by molar-refractivity contribution is 6.11. The second-order valence-electron chi connectivity index (χ2n) is 18.3. The van der Waals surface area contributed by atoms with Crippen LogP contribution in [0.2, 0.25) is 0 Å². The van der Waals surface area contributed by atoms with Crippen LogP contribution < -0.4 is 0 Å². The van der Waals surface area contributed by atoms with Crippen molar-refractivity contribution in [2.75, 3.05) is 0 Å². The van der Waals surface area contributed by atoms with E-state index < -0.39 is 0 Å². The Morgan fingerprint density at radius 2 is 1.06 bits per heavy atom. The molecule has 0 N–H and O–H groups in total. The molecule has 0 amide bonds. The zero-order valence-electron chi connectivity index (χ0n) is 37.6. The molecule has 14 rings (SSSR count). The Labute approximate surface area is 398 Å². The number of hydrogen-bond acceptors (Lipinski definition) is 4. The quantitative estimate of drug-likeness (QED) is 0.167. The largest absolute Gasteiger partial charge is 0.455 e. The van der Waals surface area contributed by atoms with Gasteiger partial charge in [0, 0.05) is 44.3 Å². The molecule has 1 unspecified atom stereocenters. The van der Waals surface area contributed by atoms with Gasteiger partial charge in [-0.3, -0.25) is 0 Å². The molecule has 1 aliphatic rings. The normalized spacial score (nSPS) is 13.5. The van der Waals surface area contributed by atoms with Crippen LogP contribution in [0.3, 0.4) is 0 Å². The summed E-state index contributed by atoms with van der Waals surface area (Å²) >= 11 is 0. The van der Waals surface area contributed by atoms with Crippen molar-refractivity contribution in [2.45, 2.75) is 18.8 Å². The van der Waals surface area contributed by atoms with Crippen molar-refractivity contribution in [3.8, 4) is 62.1 Å². The lowest BCUT2D eigenvalue weighted by atomic mass is 9.84. The molecule has 0 spiro atoms. The number of benzene rings is 10. The van der Waals surface area contributed by atoms with Crippen molar-refractivity contribution in [3.05, 3.63) is 241 Å². The third-order valence-corrected chi connectivity index (χ3v) is 14.3. The van der Waals surface area contributed by atoms with E-state index in [1.807, 2.05) is 12.1 Å². The van der Waals surface area contributed by atoms with Gasteiger partial charge in [0.25, 0.3) is 0 Å². The minimum atomic E-state index is 0.0965. The molecule has 5 heteroatoms. The Balaban J connectivity index is 1.01. The molecule has 3 aromatic heterocycles. The summed E-state index contributed by atoms with van der Waals surface area (Å²) < 4.78 is 9.23. The monoisotopic (exact) mass is 882 g/mol. The molecule has 1 atom stereocenters. The fourth-order valence-corrected chi connectivity index (χ4v) is 11.0. The SMILES string of the molecule is c1ccc(-c2cccc(-c3nc(-c4ccc5c6ccccc6n(-c6ccccc6)c5c4)nc(-c4cc(C5CCc6cc7ccccc7cc6-c6ccccc65)cc5c4oc4ccccc45)n3)c2)cc1. The summed E-state index contributed by atoms with van der Waals surface area (Å²) in [6.07, 6.45) is 1.89. The van der Waals surface area contributed by atoms with Crippen molar-refractivity contribution >= 4 is 54.5 Å². The van der Waals surface area contributed by atoms with Crippen LogP contribution in [0.1, 0.15) is 29.0 Å². The number of rotatable bonds is 6. The standard InChI is InChI=1S/C64H42N4O/c1-3-16-40(17-4-1)41-20-15-21-45(35-41)62-65-63(46-31-33-53-52-26-11-13-28-58(52)68(59(53)39-46)48-22-5-2-6-23-48)67-64(66-62)57-38-47(37-56-54-27-12-14-29-60(54)69-61(56)57)49-32-30-44-34-42-18-7-8-19-43(42)36-55(44)51-25-10-9-24-50(49)51/h1-29,31,33-39,49H,30,32H2. The van der Waals surface area contributed by atoms with Crippen LogP contribution >= 0.6 is 0 Å². The Bertz CT molecular complexity index is 4150. The first-order chi connectivity index (χ1) is 34.2. The van der Waals surface area contributed by atoms with Crippen molar-refractivity contribution in [1.29, 1.82) is 0 Å². The maximum absolute atomic E-state index is 6.89. The molecule has 3 heterocycles. The molecule has 0 fully saturated rings. The van der Waals surface area contributed by atoms with Crippen LogP contribution in [0.4, 0.5) is 0 Å². The highest BCUT2D eigenvalue weighted by atomic mass is 16.3. The third-order valence-electron chi connectivity index (χ3n) is 14.3. The fourth-order valence-electron chi connectivity index (χ4n) is 11.0. The zero-order valence-corrected chi connectivity index (χ0v) is 37.6. The Morgan fingerprint density at radius 1 is 0.406 bits per heavy atom. The number of fused-ring (bicyclic) bond motifs is 10. The first-order valence-electron chi connectivity index (χ1n) is 23.8. The predicted molar refractivity (Wildman–Crippen MR) is 283 cm³/mol. The zero-order chi connectivity index (χ0) is 45.4. The van der Waals surface area contributed by atoms with Crippen molar-refractivity contribution in [3.63, 3.8) is 0 Å². The highest BCUT2D eigenvalue weighted by Crippen LogP contribution is 2.46. The van der Waals surface area contributed by atoms with Gasteiger partial charge in [-0.2, -0.15) is 0 Å². The number of aryl methyl sites for hydroxylation is 1. The maximum Gasteiger partial charge on any atom is 0.167 e. The minimum absolute atomic E-state index is 0.0965. The maximum atomic E-state index is 6.89. The summed E-state index contributed by atoms with van der Waals surface area (Å²) in [6, 6.07) is 80.3. The smallest absolute Gasteiger partial charge is 0.167 e. The molecule has 5 nitrogen and oxygen atoms in total. The molecule has 324 valence electrons. The Kier molecular flexibility index (Phi) is 9.02. The second-order valence-corrected chi connectivity index (χ2v) is 18.3. The summed E-state index contributed by atoms with van der Waals surface area (Å²) in [4.78, 5) is 16.3. The topological polar surface area (TPSA) is 56.7 Å². The van der Waals surface area contributed by atoms with Crippen LogP contribution in [0, 0.1) is 0 Å². The molecule has 0 radical (unpaired) electrons. The van der Waals surface area contributed by atoms with Gasteiger partial charge < -0.3 is 8.98 Å². The average Bonchev–Trinajstić information content (AvgIpc) is 3.91. The number of aromatic nitrogens is 4. The predicted octanol–water partition coefficient (Wildman–Crippen LogP) is 16.4. The summed E-state index contributed by atoms with van der Waals surface area (Å²) in [7, 11) is 0. The lowest BCUT2D eigenvalue weighted by molar-refractivity contribution is 0.668. The molecule has 10 aromatic carbocycles. The molecule has 0 bridgehead atoms. The molecular formula is C64H42N4O. The average molecular weight is 883 g/mol. The van der Waals surface area contributed by atoms with Gasteiger partial charge in [0.1, 0.15) is 11.2 Å². The van der Waals surface area contributed by atoms with Crippen LogP contribution in [0.25, 0.3) is 117 Å². The number of furan rings is 1. The fraction of sp³-hybridized carbons (Fsp3) is 0.0469. The van der Waals surface area contributed by atoms with Gasteiger partial charge in [-0.05, 0) is 117 Å². The van der Waals surface area contributed by atoms with E-state index in [0.717, 1.165) is 79.3 Å². The van der Waals surface area contributed by atoms with Gasteiger partial charge in [0.2, 0.25) is 0 Å². The Hall–Kier alpha value is -8.93. The van der Waals surface area contributed by atoms with E-state index in [1.54, 1.807) is 0 Å². The van der Waals surface area contributed by atoms with Crippen molar-refractivity contribution in [2.24, 2.45) is 0 Å². The second kappa shape index (κ2) is 15.9. The third kappa shape index (κ3) is 6.57. The van der Waals surface area contributed by atoms with E-state index in [2.05, 4.69) is 217 Å². The molecule has 0 saturated heterocycles. The molecule has 0 saturated carbocycles. The van der Waals surface area contributed by atoms with E-state index in [4.69, 9.17) is 19.4 Å². The molecule has 69 heavy (non-hydrogen) atoms. The summed E-state index contributed by atoms with van der Waals surface area (Å²) in [5, 5.41) is 7.01. The van der Waals surface area contributed by atoms with Crippen molar-refractivity contribution < 1.29 is 4.42 Å². The van der Waals surface area contributed by atoms with Gasteiger partial charge in [-0.25, -0.2) is 15.0 Å². The summed E-state index contributed by atoms with van der Waals surface area (Å²) in [5.74, 6) is 1.84. The first-order valence-corrected chi connectivity index (χ1v) is 23.8. The Morgan fingerprint density at radius 3 is 1.91 bits per heavy atom. The lowest BCUT2D eigenvalue weighted by Gasteiger charge is -2.20. The number of hydrogen-bond donors (Lipinski definition) is 0. The summed E-state index contributed by atoms with van der Waals surface area (Å²) in [6.45, 7) is 0. The molecule has 13 aromatic rings. The van der Waals surface area contributed by atoms with Gasteiger partial charge in [0.15, 0.2) is 17.5 Å². The van der Waals surface area contributed by atoms with E-state index >= 15 is 0 Å². The molecule has 1 aliphatic carbocycles. The summed E-state index contributed by atoms with van der Waals surface area (Å²) in [5.41, 5.74) is 16.3. The van der Waals surface area contributed by atoms with Crippen LogP contribution in [0.5, 0.6) is 0 Å². The molecular weight excluding hydrogens is 841 g/mol. The van der Waals surface area contributed by atoms with Crippen LogP contribution in [0.15, 0.2) is 229 Å². The van der Waals surface area contributed by atoms with Crippen LogP contribution in [-0.4, -0.2) is 19.5 Å². The minimum Gasteiger partial charge on any atom is -0.455 e. The molecule has 0 aliphatic heterocycles. The van der Waals surface area contributed by atoms with E-state index in [0.29, 0.717) is 17.5 Å². The highest BCUT2D eigenvalue weighted by Gasteiger charge is 2.27. The van der Waals surface area contributed by atoms with Gasteiger partial charge in [0.05, 0.1) is 16.6 Å². The number of para-hydroxylation sites is 3. The van der Waals surface area contributed by atoms with Gasteiger partial charge >= 0.3 is 0 Å². The lowest BCUT2D eigenvalue weighted by Crippen LogP contribution is -2.04. The van der Waals surface area contributed by atoms with Crippen molar-refractivity contribution in [1.82, 2.24) is 19.5 Å². The van der Waals surface area contributed by atoms with Gasteiger partial charge in [-0.15, -0.1) is 0 Å². The van der Waals surface area contributed by atoms with Gasteiger partial charge in [-0.1, -0.05) is 170 Å². The van der Waals surface area contributed by atoms with E-state index in [9.17, 15) is 0 Å². The van der Waals surface area contributed by atoms with Crippen LogP contribution in [-0.2, 0) is 6.42 Å².